The Kier molecular flexibility index (Phi) is 6.63. The first-order valence-corrected chi connectivity index (χ1v) is 11.8. The molecule has 0 atom stereocenters. The largest absolute Gasteiger partial charge is 0.497 e. The lowest BCUT2D eigenvalue weighted by atomic mass is 9.77. The third-order valence-electron chi connectivity index (χ3n) is 7.47. The zero-order chi connectivity index (χ0) is 23.6. The number of rotatable bonds is 4. The SMILES string of the molecule is COc1cccc(CC(=O)N2CCC3(CC2)CCN(C(=O)Nc2cc(C)c(C)cc2C)C3)c1. The standard InChI is InChI=1S/C27H35N3O3/c1-19-14-21(3)24(15-20(19)2)28-26(32)30-13-10-27(18-30)8-11-29(12-9-27)25(31)17-22-6-5-7-23(16-22)33-4/h5-7,14-16H,8-13,17-18H2,1-4H3,(H,28,32). The smallest absolute Gasteiger partial charge is 0.321 e. The van der Waals surface area contributed by atoms with Crippen molar-refractivity contribution >= 4 is 17.6 Å². The van der Waals surface area contributed by atoms with Gasteiger partial charge in [-0.1, -0.05) is 18.2 Å². The molecule has 2 fully saturated rings. The number of methoxy groups -OCH3 is 1. The van der Waals surface area contributed by atoms with Crippen molar-refractivity contribution in [3.8, 4) is 5.75 Å². The minimum absolute atomic E-state index is 0.0187. The van der Waals surface area contributed by atoms with Crippen LogP contribution in [0.25, 0.3) is 0 Å². The average molecular weight is 450 g/mol. The molecule has 1 N–H and O–H groups in total. The summed E-state index contributed by atoms with van der Waals surface area (Å²) in [6.45, 7) is 9.24. The van der Waals surface area contributed by atoms with E-state index in [1.165, 1.54) is 11.1 Å². The van der Waals surface area contributed by atoms with Crippen LogP contribution in [0.5, 0.6) is 5.75 Å². The topological polar surface area (TPSA) is 61.9 Å². The maximum Gasteiger partial charge on any atom is 0.321 e. The Morgan fingerprint density at radius 1 is 0.939 bits per heavy atom. The van der Waals surface area contributed by atoms with E-state index in [0.717, 1.165) is 68.0 Å². The van der Waals surface area contributed by atoms with Gasteiger partial charge in [0.1, 0.15) is 5.75 Å². The highest BCUT2D eigenvalue weighted by Gasteiger charge is 2.42. The van der Waals surface area contributed by atoms with Gasteiger partial charge in [0, 0.05) is 31.9 Å². The maximum atomic E-state index is 13.0. The lowest BCUT2D eigenvalue weighted by Crippen LogP contribution is -2.45. The van der Waals surface area contributed by atoms with E-state index in [4.69, 9.17) is 4.74 Å². The van der Waals surface area contributed by atoms with E-state index in [1.54, 1.807) is 7.11 Å². The fraction of sp³-hybridized carbons (Fsp3) is 0.481. The molecule has 1 spiro atoms. The van der Waals surface area contributed by atoms with Crippen molar-refractivity contribution in [3.05, 3.63) is 58.7 Å². The number of piperidine rings is 1. The van der Waals surface area contributed by atoms with Gasteiger partial charge in [-0.05, 0) is 85.9 Å². The summed E-state index contributed by atoms with van der Waals surface area (Å²) >= 11 is 0. The maximum absolute atomic E-state index is 13.0. The van der Waals surface area contributed by atoms with Gasteiger partial charge in [0.15, 0.2) is 0 Å². The molecule has 176 valence electrons. The molecule has 2 saturated heterocycles. The van der Waals surface area contributed by atoms with Crippen molar-refractivity contribution in [2.24, 2.45) is 5.41 Å². The van der Waals surface area contributed by atoms with Crippen LogP contribution >= 0.6 is 0 Å². The molecule has 2 aliphatic heterocycles. The number of benzene rings is 2. The van der Waals surface area contributed by atoms with E-state index in [9.17, 15) is 9.59 Å². The minimum Gasteiger partial charge on any atom is -0.497 e. The van der Waals surface area contributed by atoms with Gasteiger partial charge in [-0.15, -0.1) is 0 Å². The predicted octanol–water partition coefficient (Wildman–Crippen LogP) is 4.71. The van der Waals surface area contributed by atoms with Crippen molar-refractivity contribution < 1.29 is 14.3 Å². The van der Waals surface area contributed by atoms with Crippen LogP contribution in [0.2, 0.25) is 0 Å². The first-order chi connectivity index (χ1) is 15.8. The van der Waals surface area contributed by atoms with Crippen molar-refractivity contribution in [2.45, 2.75) is 46.5 Å². The lowest BCUT2D eigenvalue weighted by molar-refractivity contribution is -0.132. The monoisotopic (exact) mass is 449 g/mol. The molecule has 0 unspecified atom stereocenters. The van der Waals surface area contributed by atoms with Crippen LogP contribution in [0.4, 0.5) is 10.5 Å². The summed E-state index contributed by atoms with van der Waals surface area (Å²) < 4.78 is 5.27. The van der Waals surface area contributed by atoms with Crippen molar-refractivity contribution in [1.82, 2.24) is 9.80 Å². The van der Waals surface area contributed by atoms with Gasteiger partial charge in [-0.3, -0.25) is 4.79 Å². The Morgan fingerprint density at radius 2 is 1.61 bits per heavy atom. The second-order valence-corrected chi connectivity index (χ2v) is 9.76. The lowest BCUT2D eigenvalue weighted by Gasteiger charge is -2.39. The number of hydrogen-bond donors (Lipinski definition) is 1. The number of hydrogen-bond acceptors (Lipinski definition) is 3. The van der Waals surface area contributed by atoms with E-state index in [2.05, 4.69) is 31.3 Å². The number of carbonyl (C=O) groups excluding carboxylic acids is 2. The summed E-state index contributed by atoms with van der Waals surface area (Å²) in [6, 6.07) is 11.9. The Morgan fingerprint density at radius 3 is 2.30 bits per heavy atom. The van der Waals surface area contributed by atoms with Crippen LogP contribution in [-0.4, -0.2) is 55.0 Å². The van der Waals surface area contributed by atoms with Crippen LogP contribution in [0.15, 0.2) is 36.4 Å². The second-order valence-electron chi connectivity index (χ2n) is 9.76. The number of likely N-dealkylation sites (tertiary alicyclic amines) is 2. The quantitative estimate of drug-likeness (QED) is 0.735. The Bertz CT molecular complexity index is 1040. The summed E-state index contributed by atoms with van der Waals surface area (Å²) in [5.41, 5.74) is 5.50. The number of urea groups is 1. The van der Waals surface area contributed by atoms with E-state index in [0.29, 0.717) is 6.42 Å². The third-order valence-corrected chi connectivity index (χ3v) is 7.47. The summed E-state index contributed by atoms with van der Waals surface area (Å²) in [7, 11) is 1.64. The molecule has 0 aliphatic carbocycles. The van der Waals surface area contributed by atoms with Gasteiger partial charge in [0.25, 0.3) is 0 Å². The summed E-state index contributed by atoms with van der Waals surface area (Å²) in [4.78, 5) is 29.7. The van der Waals surface area contributed by atoms with Crippen molar-refractivity contribution in [2.75, 3.05) is 38.6 Å². The summed E-state index contributed by atoms with van der Waals surface area (Å²) in [6.07, 6.45) is 3.30. The number of anilines is 1. The van der Waals surface area contributed by atoms with E-state index >= 15 is 0 Å². The number of aryl methyl sites for hydroxylation is 3. The zero-order valence-electron chi connectivity index (χ0n) is 20.2. The summed E-state index contributed by atoms with van der Waals surface area (Å²) in [5.74, 6) is 0.939. The zero-order valence-corrected chi connectivity index (χ0v) is 20.2. The molecular weight excluding hydrogens is 414 g/mol. The van der Waals surface area contributed by atoms with Gasteiger partial charge in [0.2, 0.25) is 5.91 Å². The van der Waals surface area contributed by atoms with Gasteiger partial charge < -0.3 is 19.9 Å². The molecule has 2 aromatic rings. The third kappa shape index (κ3) is 5.15. The van der Waals surface area contributed by atoms with Gasteiger partial charge >= 0.3 is 6.03 Å². The van der Waals surface area contributed by atoms with E-state index in [-0.39, 0.29) is 17.4 Å². The van der Waals surface area contributed by atoms with E-state index < -0.39 is 0 Å². The molecule has 0 aromatic heterocycles. The normalized spacial score (nSPS) is 17.3. The Labute approximate surface area is 196 Å². The van der Waals surface area contributed by atoms with Crippen LogP contribution in [0.3, 0.4) is 0 Å². The van der Waals surface area contributed by atoms with Crippen LogP contribution in [-0.2, 0) is 11.2 Å². The van der Waals surface area contributed by atoms with Crippen LogP contribution in [0, 0.1) is 26.2 Å². The highest BCUT2D eigenvalue weighted by molar-refractivity contribution is 5.90. The first kappa shape index (κ1) is 23.1. The predicted molar refractivity (Wildman–Crippen MR) is 131 cm³/mol. The first-order valence-electron chi connectivity index (χ1n) is 11.8. The second kappa shape index (κ2) is 9.46. The molecule has 3 amide bonds. The van der Waals surface area contributed by atoms with Gasteiger partial charge in [0.05, 0.1) is 13.5 Å². The highest BCUT2D eigenvalue weighted by atomic mass is 16.5. The fourth-order valence-electron chi connectivity index (χ4n) is 5.11. The molecule has 0 radical (unpaired) electrons. The van der Waals surface area contributed by atoms with Crippen LogP contribution in [0.1, 0.15) is 41.5 Å². The van der Waals surface area contributed by atoms with Crippen molar-refractivity contribution in [1.29, 1.82) is 0 Å². The number of amides is 3. The molecule has 2 aliphatic rings. The number of nitrogens with one attached hydrogen (secondary N) is 1. The molecule has 0 saturated carbocycles. The number of ether oxygens (including phenoxy) is 1. The molecule has 6 heteroatoms. The molecule has 33 heavy (non-hydrogen) atoms. The Balaban J connectivity index is 1.31. The van der Waals surface area contributed by atoms with E-state index in [1.807, 2.05) is 41.0 Å². The molecule has 2 aromatic carbocycles. The molecule has 4 rings (SSSR count). The Hall–Kier alpha value is -3.02. The molecule has 2 heterocycles. The molecular formula is C27H35N3O3. The van der Waals surface area contributed by atoms with Crippen molar-refractivity contribution in [3.63, 3.8) is 0 Å². The highest BCUT2D eigenvalue weighted by Crippen LogP contribution is 2.40. The minimum atomic E-state index is -0.0187. The fourth-order valence-corrected chi connectivity index (χ4v) is 5.11. The molecule has 0 bridgehead atoms. The van der Waals surface area contributed by atoms with Gasteiger partial charge in [-0.25, -0.2) is 4.79 Å². The number of carbonyl (C=O) groups is 2. The average Bonchev–Trinajstić information content (AvgIpc) is 3.21. The molecule has 6 nitrogen and oxygen atoms in total. The van der Waals surface area contributed by atoms with Gasteiger partial charge in [-0.2, -0.15) is 0 Å². The number of nitrogens with zero attached hydrogens (tertiary/aromatic N) is 2. The van der Waals surface area contributed by atoms with Crippen LogP contribution < -0.4 is 10.1 Å². The summed E-state index contributed by atoms with van der Waals surface area (Å²) in [5, 5.41) is 3.12.